The maximum absolute atomic E-state index is 13.3. The lowest BCUT2D eigenvalue weighted by Crippen LogP contribution is -2.36. The van der Waals surface area contributed by atoms with Gasteiger partial charge in [-0.15, -0.1) is 5.10 Å². The summed E-state index contributed by atoms with van der Waals surface area (Å²) in [5.41, 5.74) is 7.72. The van der Waals surface area contributed by atoms with E-state index in [0.29, 0.717) is 31.1 Å². The molecule has 290 valence electrons. The number of benzene rings is 4. The summed E-state index contributed by atoms with van der Waals surface area (Å²) in [5.74, 6) is -0.299. The Morgan fingerprint density at radius 1 is 0.927 bits per heavy atom. The molecular weight excluding hydrogens is 721 g/mol. The number of fused-ring (bicyclic) bond motifs is 1. The zero-order valence-electron chi connectivity index (χ0n) is 31.8. The lowest BCUT2D eigenvalue weighted by Gasteiger charge is -2.27. The molecule has 12 nitrogen and oxygen atoms in total. The minimum absolute atomic E-state index is 0.0105. The lowest BCUT2D eigenvalue weighted by atomic mass is 9.84. The fraction of sp³-hybridized carbons (Fsp3) is 0.357. The predicted molar refractivity (Wildman–Crippen MR) is 208 cm³/mol. The summed E-state index contributed by atoms with van der Waals surface area (Å²) in [7, 11) is -2.60. The smallest absolute Gasteiger partial charge is 0.388 e. The van der Waals surface area contributed by atoms with E-state index >= 15 is 0 Å². The standard InChI is InChI=1S/C42H48N4O8S/c1-5-52-40(47)26-37(36-18-19-38-42(31(36)3)43-44-46(38)21-12-13-23-51-28-32-14-8-6-9-15-32)34-24-35(30(2)39(25-34)50-4)27-45-22-20-41(54-55(45,48)49)53-29-33-16-10-7-11-17-33/h6-11,14-20,24-25,37H,5,12-13,21-23,26-29H2,1-4H3. The minimum atomic E-state index is -4.17. The Morgan fingerprint density at radius 2 is 1.65 bits per heavy atom. The Morgan fingerprint density at radius 3 is 2.35 bits per heavy atom. The number of ether oxygens (including phenoxy) is 4. The summed E-state index contributed by atoms with van der Waals surface area (Å²) in [6.07, 6.45) is 3.42. The zero-order chi connectivity index (χ0) is 38.8. The van der Waals surface area contributed by atoms with E-state index < -0.39 is 16.2 Å². The van der Waals surface area contributed by atoms with Crippen LogP contribution in [0.1, 0.15) is 71.0 Å². The van der Waals surface area contributed by atoms with Crippen molar-refractivity contribution in [2.45, 2.75) is 72.3 Å². The minimum Gasteiger partial charge on any atom is -0.496 e. The Hall–Kier alpha value is -5.24. The van der Waals surface area contributed by atoms with Crippen LogP contribution in [0.25, 0.3) is 11.0 Å². The molecule has 0 saturated carbocycles. The summed E-state index contributed by atoms with van der Waals surface area (Å²) in [6, 6.07) is 27.4. The number of carbonyl (C=O) groups excluding carboxylic acids is 1. The number of aryl methyl sites for hydroxylation is 2. The van der Waals surface area contributed by atoms with Crippen LogP contribution in [0.5, 0.6) is 5.75 Å². The number of nitrogens with zero attached hydrogens (tertiary/aromatic N) is 4. The van der Waals surface area contributed by atoms with E-state index in [-0.39, 0.29) is 44.6 Å². The van der Waals surface area contributed by atoms with E-state index in [1.54, 1.807) is 20.1 Å². The van der Waals surface area contributed by atoms with Crippen LogP contribution in [0.3, 0.4) is 0 Å². The topological polar surface area (TPSA) is 131 Å². The van der Waals surface area contributed by atoms with Gasteiger partial charge in [-0.05, 0) is 84.7 Å². The van der Waals surface area contributed by atoms with Gasteiger partial charge in [-0.2, -0.15) is 12.7 Å². The van der Waals surface area contributed by atoms with Crippen molar-refractivity contribution in [3.63, 3.8) is 0 Å². The molecule has 0 amide bonds. The molecule has 0 radical (unpaired) electrons. The molecule has 1 atom stereocenters. The van der Waals surface area contributed by atoms with Crippen LogP contribution >= 0.6 is 0 Å². The van der Waals surface area contributed by atoms with Gasteiger partial charge in [0.25, 0.3) is 5.95 Å². The van der Waals surface area contributed by atoms with Crippen LogP contribution < -0.4 is 4.74 Å². The molecule has 1 unspecified atom stereocenters. The monoisotopic (exact) mass is 768 g/mol. The Labute approximate surface area is 322 Å². The highest BCUT2D eigenvalue weighted by molar-refractivity contribution is 7.84. The van der Waals surface area contributed by atoms with Gasteiger partial charge < -0.3 is 23.1 Å². The second kappa shape index (κ2) is 18.4. The highest BCUT2D eigenvalue weighted by Gasteiger charge is 2.32. The number of hydrogen-bond donors (Lipinski definition) is 0. The molecule has 0 fully saturated rings. The molecule has 55 heavy (non-hydrogen) atoms. The highest BCUT2D eigenvalue weighted by Crippen LogP contribution is 2.38. The molecule has 0 N–H and O–H groups in total. The van der Waals surface area contributed by atoms with Gasteiger partial charge in [0.05, 0.1) is 32.3 Å². The Bertz CT molecular complexity index is 2210. The van der Waals surface area contributed by atoms with Gasteiger partial charge in [0.15, 0.2) is 0 Å². The molecule has 1 aliphatic heterocycles. The molecule has 0 spiro atoms. The molecule has 4 aromatic carbocycles. The van der Waals surface area contributed by atoms with Gasteiger partial charge in [0.2, 0.25) is 0 Å². The molecule has 0 bridgehead atoms. The van der Waals surface area contributed by atoms with Crippen LogP contribution in [-0.2, 0) is 59.8 Å². The molecule has 5 aromatic rings. The molecule has 1 aromatic heterocycles. The SMILES string of the molecule is CCOC(=O)CC(c1cc(CN2CC=C(OCc3ccccc3)OS2(=O)=O)c(C)c(OC)c1)c1ccc2c(nnn2CCCCOCc2ccccc2)c1C. The van der Waals surface area contributed by atoms with Gasteiger partial charge in [-0.1, -0.05) is 78.0 Å². The van der Waals surface area contributed by atoms with Crippen molar-refractivity contribution in [2.75, 3.05) is 26.9 Å². The molecule has 6 rings (SSSR count). The molecular formula is C42H48N4O8S. The largest absolute Gasteiger partial charge is 0.496 e. The van der Waals surface area contributed by atoms with E-state index in [0.717, 1.165) is 57.3 Å². The molecule has 1 aliphatic rings. The van der Waals surface area contributed by atoms with Crippen molar-refractivity contribution < 1.29 is 36.3 Å². The van der Waals surface area contributed by atoms with E-state index in [4.69, 9.17) is 23.1 Å². The Balaban J connectivity index is 1.21. The average Bonchev–Trinajstić information content (AvgIpc) is 3.61. The van der Waals surface area contributed by atoms with Gasteiger partial charge in [0.1, 0.15) is 17.9 Å². The summed E-state index contributed by atoms with van der Waals surface area (Å²) in [5, 5.41) is 9.03. The number of esters is 1. The maximum Gasteiger partial charge on any atom is 0.388 e. The molecule has 2 heterocycles. The quantitative estimate of drug-likeness (QED) is 0.0663. The third kappa shape index (κ3) is 9.90. The first kappa shape index (κ1) is 39.5. The maximum atomic E-state index is 13.3. The van der Waals surface area contributed by atoms with Crippen LogP contribution in [-0.4, -0.2) is 60.6 Å². The fourth-order valence-electron chi connectivity index (χ4n) is 6.70. The number of carbonyl (C=O) groups is 1. The Kier molecular flexibility index (Phi) is 13.2. The van der Waals surface area contributed by atoms with Gasteiger partial charge in [0, 0.05) is 38.2 Å². The van der Waals surface area contributed by atoms with Crippen LogP contribution in [0, 0.1) is 13.8 Å². The van der Waals surface area contributed by atoms with Crippen LogP contribution in [0.2, 0.25) is 0 Å². The van der Waals surface area contributed by atoms with Crippen molar-refractivity contribution >= 4 is 27.3 Å². The number of methoxy groups -OCH3 is 1. The van der Waals surface area contributed by atoms with E-state index in [1.165, 1.54) is 4.31 Å². The number of rotatable bonds is 18. The van der Waals surface area contributed by atoms with E-state index in [9.17, 15) is 13.2 Å². The number of unbranched alkanes of at least 4 members (excludes halogenated alkanes) is 1. The van der Waals surface area contributed by atoms with Crippen molar-refractivity contribution in [1.29, 1.82) is 0 Å². The summed E-state index contributed by atoms with van der Waals surface area (Å²) >= 11 is 0. The van der Waals surface area contributed by atoms with Gasteiger partial charge in [-0.3, -0.25) is 4.79 Å². The molecule has 0 aliphatic carbocycles. The lowest BCUT2D eigenvalue weighted by molar-refractivity contribution is -0.143. The highest BCUT2D eigenvalue weighted by atomic mass is 32.2. The van der Waals surface area contributed by atoms with Crippen LogP contribution in [0.4, 0.5) is 0 Å². The second-order valence-corrected chi connectivity index (χ2v) is 14.9. The number of hydrogen-bond acceptors (Lipinski definition) is 10. The number of aromatic nitrogens is 3. The normalized spacial score (nSPS) is 14.6. The van der Waals surface area contributed by atoms with Crippen LogP contribution in [0.15, 0.2) is 97.0 Å². The third-order valence-electron chi connectivity index (χ3n) is 9.70. The first-order valence-corrected chi connectivity index (χ1v) is 19.9. The van der Waals surface area contributed by atoms with Crippen molar-refractivity contribution in [3.8, 4) is 5.75 Å². The molecule has 0 saturated heterocycles. The average molecular weight is 769 g/mol. The first-order chi connectivity index (χ1) is 26.7. The van der Waals surface area contributed by atoms with Crippen molar-refractivity contribution in [2.24, 2.45) is 0 Å². The van der Waals surface area contributed by atoms with E-state index in [1.807, 2.05) is 91.3 Å². The third-order valence-corrected chi connectivity index (χ3v) is 11.0. The van der Waals surface area contributed by atoms with Gasteiger partial charge in [-0.25, -0.2) is 4.68 Å². The first-order valence-electron chi connectivity index (χ1n) is 18.5. The summed E-state index contributed by atoms with van der Waals surface area (Å²) < 4.78 is 57.9. The zero-order valence-corrected chi connectivity index (χ0v) is 32.6. The fourth-order valence-corrected chi connectivity index (χ4v) is 7.68. The van der Waals surface area contributed by atoms with Crippen molar-refractivity contribution in [1.82, 2.24) is 19.3 Å². The summed E-state index contributed by atoms with van der Waals surface area (Å²) in [4.78, 5) is 13.1. The summed E-state index contributed by atoms with van der Waals surface area (Å²) in [6.45, 7) is 8.06. The van der Waals surface area contributed by atoms with Gasteiger partial charge >= 0.3 is 16.3 Å². The van der Waals surface area contributed by atoms with Crippen molar-refractivity contribution in [3.05, 3.63) is 136 Å². The van der Waals surface area contributed by atoms with E-state index in [2.05, 4.69) is 22.4 Å². The second-order valence-electron chi connectivity index (χ2n) is 13.4. The predicted octanol–water partition coefficient (Wildman–Crippen LogP) is 7.27. The molecule has 13 heteroatoms.